The van der Waals surface area contributed by atoms with Gasteiger partial charge in [0.2, 0.25) is 0 Å². The molecule has 0 atom stereocenters. The van der Waals surface area contributed by atoms with Crippen LogP contribution in [0.15, 0.2) is 54.2 Å². The van der Waals surface area contributed by atoms with Crippen LogP contribution >= 0.6 is 46.1 Å². The first-order valence-electron chi connectivity index (χ1n) is 8.02. The van der Waals surface area contributed by atoms with E-state index in [9.17, 15) is 10.1 Å². The molecule has 140 valence electrons. The molecular formula is C20H12Cl3N3OS. The first-order valence-corrected chi connectivity index (χ1v) is 9.97. The van der Waals surface area contributed by atoms with Crippen LogP contribution in [0.2, 0.25) is 15.1 Å². The van der Waals surface area contributed by atoms with Crippen molar-refractivity contribution in [3.8, 4) is 6.07 Å². The maximum absolute atomic E-state index is 12.4. The summed E-state index contributed by atoms with van der Waals surface area (Å²) in [6, 6.07) is 14.2. The topological polar surface area (TPSA) is 65.8 Å². The van der Waals surface area contributed by atoms with E-state index in [2.05, 4.69) is 10.3 Å². The highest BCUT2D eigenvalue weighted by molar-refractivity contribution is 7.15. The second-order valence-corrected chi connectivity index (χ2v) is 8.03. The summed E-state index contributed by atoms with van der Waals surface area (Å²) in [4.78, 5) is 17.5. The van der Waals surface area contributed by atoms with Crippen molar-refractivity contribution in [2.75, 3.05) is 5.32 Å². The third-order valence-electron chi connectivity index (χ3n) is 3.72. The Labute approximate surface area is 181 Å². The Morgan fingerprint density at radius 1 is 1.18 bits per heavy atom. The number of carbonyl (C=O) groups is 1. The van der Waals surface area contributed by atoms with Gasteiger partial charge in [0.15, 0.2) is 5.13 Å². The maximum Gasteiger partial charge on any atom is 0.268 e. The van der Waals surface area contributed by atoms with Gasteiger partial charge in [0.1, 0.15) is 11.6 Å². The summed E-state index contributed by atoms with van der Waals surface area (Å²) in [5.41, 5.74) is 1.54. The van der Waals surface area contributed by atoms with Crippen LogP contribution in [0.25, 0.3) is 6.08 Å². The molecule has 28 heavy (non-hydrogen) atoms. The lowest BCUT2D eigenvalue weighted by Gasteiger charge is -2.03. The lowest BCUT2D eigenvalue weighted by Crippen LogP contribution is -2.13. The molecule has 0 aliphatic heterocycles. The fourth-order valence-electron chi connectivity index (χ4n) is 2.36. The molecule has 0 aliphatic rings. The van der Waals surface area contributed by atoms with Crippen molar-refractivity contribution in [2.24, 2.45) is 0 Å². The fourth-order valence-corrected chi connectivity index (χ4v) is 3.70. The van der Waals surface area contributed by atoms with Gasteiger partial charge in [0.25, 0.3) is 5.91 Å². The highest BCUT2D eigenvalue weighted by Crippen LogP contribution is 2.29. The molecular weight excluding hydrogens is 437 g/mol. The predicted octanol–water partition coefficient (Wildman–Crippen LogP) is 6.24. The first-order chi connectivity index (χ1) is 13.5. The molecule has 3 aromatic rings. The summed E-state index contributed by atoms with van der Waals surface area (Å²) in [6.07, 6.45) is 3.69. The molecule has 3 rings (SSSR count). The summed E-state index contributed by atoms with van der Waals surface area (Å²) in [5.74, 6) is -0.529. The highest BCUT2D eigenvalue weighted by Gasteiger charge is 2.13. The number of amides is 1. The summed E-state index contributed by atoms with van der Waals surface area (Å²) >= 11 is 19.4. The molecule has 0 bridgehead atoms. The molecule has 1 heterocycles. The van der Waals surface area contributed by atoms with Gasteiger partial charge in [0.05, 0.1) is 10.0 Å². The summed E-state index contributed by atoms with van der Waals surface area (Å²) in [6.45, 7) is 0. The predicted molar refractivity (Wildman–Crippen MR) is 115 cm³/mol. The number of thiazole rings is 1. The molecule has 1 amide bonds. The molecule has 0 spiro atoms. The molecule has 0 saturated heterocycles. The van der Waals surface area contributed by atoms with E-state index in [1.54, 1.807) is 36.5 Å². The lowest BCUT2D eigenvalue weighted by molar-refractivity contribution is -0.112. The fraction of sp³-hybridized carbons (Fsp3) is 0.0500. The van der Waals surface area contributed by atoms with Gasteiger partial charge in [-0.1, -0.05) is 59.1 Å². The van der Waals surface area contributed by atoms with Crippen molar-refractivity contribution in [2.45, 2.75) is 6.42 Å². The Hall–Kier alpha value is -2.36. The number of aromatic nitrogens is 1. The average molecular weight is 449 g/mol. The third kappa shape index (κ3) is 5.12. The number of carbonyl (C=O) groups excluding carboxylic acids is 1. The van der Waals surface area contributed by atoms with Gasteiger partial charge in [-0.25, -0.2) is 4.98 Å². The van der Waals surface area contributed by atoms with Crippen LogP contribution in [0.1, 0.15) is 16.0 Å². The van der Waals surface area contributed by atoms with E-state index in [1.807, 2.05) is 18.2 Å². The molecule has 0 saturated carbocycles. The molecule has 0 aliphatic carbocycles. The number of nitriles is 1. The summed E-state index contributed by atoms with van der Waals surface area (Å²) < 4.78 is 0. The molecule has 0 unspecified atom stereocenters. The molecule has 0 fully saturated rings. The standard InChI is InChI=1S/C20H12Cl3N3OS/c21-15-6-4-12(5-7-15)8-14(10-24)19(27)26-20-25-11-16(28-20)9-13-2-1-3-17(22)18(13)23/h1-8,11H,9H2,(H,25,26,27)/b14-8+. The maximum atomic E-state index is 12.4. The van der Waals surface area contributed by atoms with Crippen LogP contribution in [-0.2, 0) is 11.2 Å². The van der Waals surface area contributed by atoms with Crippen LogP contribution in [-0.4, -0.2) is 10.9 Å². The average Bonchev–Trinajstić information content (AvgIpc) is 3.11. The minimum absolute atomic E-state index is 0.0306. The molecule has 8 heteroatoms. The Balaban J connectivity index is 1.71. The number of hydrogen-bond donors (Lipinski definition) is 1. The van der Waals surface area contributed by atoms with E-state index >= 15 is 0 Å². The molecule has 1 N–H and O–H groups in total. The summed E-state index contributed by atoms with van der Waals surface area (Å²) in [5, 5.41) is 13.9. The van der Waals surface area contributed by atoms with Crippen LogP contribution in [0.5, 0.6) is 0 Å². The van der Waals surface area contributed by atoms with E-state index in [-0.39, 0.29) is 5.57 Å². The highest BCUT2D eigenvalue weighted by atomic mass is 35.5. The lowest BCUT2D eigenvalue weighted by atomic mass is 10.1. The number of rotatable bonds is 5. The SMILES string of the molecule is N#C/C(=C\c1ccc(Cl)cc1)C(=O)Nc1ncc(Cc2cccc(Cl)c2Cl)s1. The minimum Gasteiger partial charge on any atom is -0.297 e. The zero-order chi connectivity index (χ0) is 20.1. The second-order valence-electron chi connectivity index (χ2n) is 5.70. The van der Waals surface area contributed by atoms with Crippen LogP contribution in [0.4, 0.5) is 5.13 Å². The van der Waals surface area contributed by atoms with Gasteiger partial charge in [-0.15, -0.1) is 11.3 Å². The van der Waals surface area contributed by atoms with E-state index < -0.39 is 5.91 Å². The van der Waals surface area contributed by atoms with E-state index in [4.69, 9.17) is 34.8 Å². The largest absolute Gasteiger partial charge is 0.297 e. The molecule has 1 aromatic heterocycles. The van der Waals surface area contributed by atoms with Crippen molar-refractivity contribution in [1.29, 1.82) is 5.26 Å². The Kier molecular flexibility index (Phi) is 6.71. The van der Waals surface area contributed by atoms with Gasteiger partial charge in [0, 0.05) is 22.5 Å². The van der Waals surface area contributed by atoms with Gasteiger partial charge in [-0.3, -0.25) is 10.1 Å². The molecule has 0 radical (unpaired) electrons. The Morgan fingerprint density at radius 2 is 1.93 bits per heavy atom. The van der Waals surface area contributed by atoms with Crippen LogP contribution in [0, 0.1) is 11.3 Å². The molecule has 2 aromatic carbocycles. The number of benzene rings is 2. The zero-order valence-electron chi connectivity index (χ0n) is 14.2. The van der Waals surface area contributed by atoms with Crippen molar-refractivity contribution >= 4 is 63.3 Å². The Morgan fingerprint density at radius 3 is 2.64 bits per heavy atom. The number of nitrogens with zero attached hydrogens (tertiary/aromatic N) is 2. The van der Waals surface area contributed by atoms with Crippen molar-refractivity contribution < 1.29 is 4.79 Å². The van der Waals surface area contributed by atoms with Crippen molar-refractivity contribution in [3.63, 3.8) is 0 Å². The van der Waals surface area contributed by atoms with Crippen LogP contribution in [0.3, 0.4) is 0 Å². The summed E-state index contributed by atoms with van der Waals surface area (Å²) in [7, 11) is 0. The smallest absolute Gasteiger partial charge is 0.268 e. The number of anilines is 1. The third-order valence-corrected chi connectivity index (χ3v) is 5.74. The first kappa shape index (κ1) is 20.4. The normalized spacial score (nSPS) is 11.1. The number of nitrogens with one attached hydrogen (secondary N) is 1. The monoisotopic (exact) mass is 447 g/mol. The van der Waals surface area contributed by atoms with Crippen molar-refractivity contribution in [3.05, 3.63) is 85.3 Å². The Bertz CT molecular complexity index is 1080. The zero-order valence-corrected chi connectivity index (χ0v) is 17.3. The second kappa shape index (κ2) is 9.22. The van der Waals surface area contributed by atoms with Gasteiger partial charge >= 0.3 is 0 Å². The van der Waals surface area contributed by atoms with Gasteiger partial charge < -0.3 is 0 Å². The van der Waals surface area contributed by atoms with E-state index in [0.29, 0.717) is 32.2 Å². The van der Waals surface area contributed by atoms with Gasteiger partial charge in [-0.05, 0) is 35.4 Å². The quantitative estimate of drug-likeness (QED) is 0.371. The van der Waals surface area contributed by atoms with E-state index in [0.717, 1.165) is 10.4 Å². The van der Waals surface area contributed by atoms with Gasteiger partial charge in [-0.2, -0.15) is 5.26 Å². The van der Waals surface area contributed by atoms with E-state index in [1.165, 1.54) is 17.4 Å². The number of halogens is 3. The minimum atomic E-state index is -0.529. The molecule has 4 nitrogen and oxygen atoms in total. The number of hydrogen-bond acceptors (Lipinski definition) is 4. The van der Waals surface area contributed by atoms with Crippen LogP contribution < -0.4 is 5.32 Å². The van der Waals surface area contributed by atoms with Crippen molar-refractivity contribution in [1.82, 2.24) is 4.98 Å².